The molecule has 0 radical (unpaired) electrons. The molecule has 1 unspecified atom stereocenters. The summed E-state index contributed by atoms with van der Waals surface area (Å²) in [6.07, 6.45) is 0. The zero-order valence-electron chi connectivity index (χ0n) is 10.0. The first-order valence-electron chi connectivity index (χ1n) is 5.08. The maximum atomic E-state index is 9.21. The van der Waals surface area contributed by atoms with Gasteiger partial charge in [-0.05, 0) is 40.0 Å². The maximum Gasteiger partial charge on any atom is 0.175 e. The largest absolute Gasteiger partial charge is 0.493 e. The number of ether oxygens (including phenoxy) is 2. The average molecular weight is 289 g/mol. The van der Waals surface area contributed by atoms with E-state index in [2.05, 4.69) is 15.9 Å². The highest BCUT2D eigenvalue weighted by Gasteiger charge is 2.17. The van der Waals surface area contributed by atoms with E-state index >= 15 is 0 Å². The van der Waals surface area contributed by atoms with Crippen LogP contribution >= 0.6 is 15.9 Å². The summed E-state index contributed by atoms with van der Waals surface area (Å²) < 4.78 is 11.4. The Labute approximate surface area is 105 Å². The van der Waals surface area contributed by atoms with E-state index in [0.29, 0.717) is 11.5 Å². The second kappa shape index (κ2) is 5.55. The minimum absolute atomic E-state index is 0.0797. The molecule has 3 nitrogen and oxygen atoms in total. The summed E-state index contributed by atoms with van der Waals surface area (Å²) in [5.41, 5.74) is 2.13. The minimum Gasteiger partial charge on any atom is -0.493 e. The summed E-state index contributed by atoms with van der Waals surface area (Å²) in [4.78, 5) is 0. The van der Waals surface area contributed by atoms with Crippen molar-refractivity contribution in [3.8, 4) is 11.5 Å². The molecule has 4 heteroatoms. The standard InChI is InChI=1S/C12H17BrO3/c1-7(6-14)9-5-10(15-3)12(16-4)11(13)8(9)2/h5,7,14H,6H2,1-4H3. The van der Waals surface area contributed by atoms with Crippen molar-refractivity contribution in [2.75, 3.05) is 20.8 Å². The van der Waals surface area contributed by atoms with Crippen LogP contribution in [0.5, 0.6) is 11.5 Å². The first-order chi connectivity index (χ1) is 7.56. The molecular weight excluding hydrogens is 272 g/mol. The van der Waals surface area contributed by atoms with Crippen LogP contribution in [0.1, 0.15) is 24.0 Å². The van der Waals surface area contributed by atoms with Crippen molar-refractivity contribution in [1.82, 2.24) is 0 Å². The van der Waals surface area contributed by atoms with Crippen molar-refractivity contribution in [2.45, 2.75) is 19.8 Å². The molecule has 90 valence electrons. The second-order valence-electron chi connectivity index (χ2n) is 3.72. The Morgan fingerprint density at radius 3 is 2.44 bits per heavy atom. The van der Waals surface area contributed by atoms with Crippen LogP contribution in [-0.2, 0) is 0 Å². The molecule has 1 rings (SSSR count). The summed E-state index contributed by atoms with van der Waals surface area (Å²) in [5, 5.41) is 9.21. The number of methoxy groups -OCH3 is 2. The number of benzene rings is 1. The quantitative estimate of drug-likeness (QED) is 0.926. The van der Waals surface area contributed by atoms with E-state index in [1.807, 2.05) is 19.9 Å². The molecular formula is C12H17BrO3. The monoisotopic (exact) mass is 288 g/mol. The first-order valence-corrected chi connectivity index (χ1v) is 5.87. The molecule has 0 saturated carbocycles. The van der Waals surface area contributed by atoms with Crippen molar-refractivity contribution in [1.29, 1.82) is 0 Å². The number of halogens is 1. The second-order valence-corrected chi connectivity index (χ2v) is 4.52. The van der Waals surface area contributed by atoms with Gasteiger partial charge in [-0.1, -0.05) is 6.92 Å². The fourth-order valence-corrected chi connectivity index (χ4v) is 2.26. The number of aliphatic hydroxyl groups is 1. The molecule has 0 amide bonds. The summed E-state index contributed by atoms with van der Waals surface area (Å²) in [5.74, 6) is 1.44. The van der Waals surface area contributed by atoms with Crippen molar-refractivity contribution in [2.24, 2.45) is 0 Å². The average Bonchev–Trinajstić information content (AvgIpc) is 2.31. The lowest BCUT2D eigenvalue weighted by Crippen LogP contribution is -2.04. The van der Waals surface area contributed by atoms with Crippen LogP contribution in [0.3, 0.4) is 0 Å². The maximum absolute atomic E-state index is 9.21. The Hall–Kier alpha value is -0.740. The lowest BCUT2D eigenvalue weighted by atomic mass is 9.96. The van der Waals surface area contributed by atoms with Crippen molar-refractivity contribution in [3.63, 3.8) is 0 Å². The number of aliphatic hydroxyl groups excluding tert-OH is 1. The predicted molar refractivity (Wildman–Crippen MR) is 67.5 cm³/mol. The van der Waals surface area contributed by atoms with Gasteiger partial charge in [-0.2, -0.15) is 0 Å². The number of hydrogen-bond donors (Lipinski definition) is 1. The number of hydrogen-bond acceptors (Lipinski definition) is 3. The summed E-state index contributed by atoms with van der Waals surface area (Å²) in [7, 11) is 3.21. The normalized spacial score (nSPS) is 12.4. The Morgan fingerprint density at radius 1 is 1.38 bits per heavy atom. The van der Waals surface area contributed by atoms with Gasteiger partial charge < -0.3 is 14.6 Å². The summed E-state index contributed by atoms with van der Waals surface area (Å²) >= 11 is 3.49. The summed E-state index contributed by atoms with van der Waals surface area (Å²) in [6, 6.07) is 1.92. The van der Waals surface area contributed by atoms with E-state index < -0.39 is 0 Å². The SMILES string of the molecule is COc1cc(C(C)CO)c(C)c(Br)c1OC. The van der Waals surface area contributed by atoms with Crippen LogP contribution in [0.15, 0.2) is 10.5 Å². The van der Waals surface area contributed by atoms with E-state index in [4.69, 9.17) is 9.47 Å². The van der Waals surface area contributed by atoms with E-state index in [0.717, 1.165) is 15.6 Å². The molecule has 1 aromatic rings. The molecule has 0 aliphatic rings. The smallest absolute Gasteiger partial charge is 0.175 e. The van der Waals surface area contributed by atoms with Gasteiger partial charge in [0.05, 0.1) is 18.7 Å². The molecule has 16 heavy (non-hydrogen) atoms. The van der Waals surface area contributed by atoms with Gasteiger partial charge in [0.1, 0.15) is 0 Å². The van der Waals surface area contributed by atoms with Crippen LogP contribution in [0.25, 0.3) is 0 Å². The highest BCUT2D eigenvalue weighted by molar-refractivity contribution is 9.10. The lowest BCUT2D eigenvalue weighted by Gasteiger charge is -2.18. The van der Waals surface area contributed by atoms with Crippen molar-refractivity contribution < 1.29 is 14.6 Å². The molecule has 0 aromatic heterocycles. The van der Waals surface area contributed by atoms with Gasteiger partial charge in [0, 0.05) is 12.5 Å². The molecule has 0 aliphatic carbocycles. The molecule has 0 bridgehead atoms. The fraction of sp³-hybridized carbons (Fsp3) is 0.500. The molecule has 0 spiro atoms. The van der Waals surface area contributed by atoms with Gasteiger partial charge in [0.25, 0.3) is 0 Å². The number of rotatable bonds is 4. The zero-order valence-corrected chi connectivity index (χ0v) is 11.6. The molecule has 0 fully saturated rings. The fourth-order valence-electron chi connectivity index (χ4n) is 1.67. The molecule has 1 N–H and O–H groups in total. The van der Waals surface area contributed by atoms with Gasteiger partial charge in [0.15, 0.2) is 11.5 Å². The van der Waals surface area contributed by atoms with Crippen LogP contribution in [-0.4, -0.2) is 25.9 Å². The predicted octanol–water partition coefficient (Wildman–Crippen LogP) is 2.87. The molecule has 1 atom stereocenters. The van der Waals surface area contributed by atoms with Gasteiger partial charge in [-0.25, -0.2) is 0 Å². The Morgan fingerprint density at radius 2 is 2.00 bits per heavy atom. The lowest BCUT2D eigenvalue weighted by molar-refractivity contribution is 0.272. The Balaban J connectivity index is 3.38. The highest BCUT2D eigenvalue weighted by Crippen LogP contribution is 2.41. The van der Waals surface area contributed by atoms with Crippen LogP contribution in [0, 0.1) is 6.92 Å². The van der Waals surface area contributed by atoms with E-state index in [1.54, 1.807) is 14.2 Å². The van der Waals surface area contributed by atoms with E-state index in [1.165, 1.54) is 0 Å². The Bertz CT molecular complexity index is 377. The summed E-state index contributed by atoms with van der Waals surface area (Å²) in [6.45, 7) is 4.08. The molecule has 0 aliphatic heterocycles. The third-order valence-electron chi connectivity index (χ3n) is 2.70. The van der Waals surface area contributed by atoms with Gasteiger partial charge in [-0.15, -0.1) is 0 Å². The zero-order chi connectivity index (χ0) is 12.3. The van der Waals surface area contributed by atoms with Crippen LogP contribution in [0.4, 0.5) is 0 Å². The van der Waals surface area contributed by atoms with Gasteiger partial charge in [-0.3, -0.25) is 0 Å². The van der Waals surface area contributed by atoms with Gasteiger partial charge in [0.2, 0.25) is 0 Å². The third-order valence-corrected chi connectivity index (χ3v) is 3.66. The topological polar surface area (TPSA) is 38.7 Å². The highest BCUT2D eigenvalue weighted by atomic mass is 79.9. The third kappa shape index (κ3) is 2.33. The molecule has 1 aromatic carbocycles. The Kier molecular flexibility index (Phi) is 4.62. The van der Waals surface area contributed by atoms with E-state index in [9.17, 15) is 5.11 Å². The van der Waals surface area contributed by atoms with Crippen LogP contribution < -0.4 is 9.47 Å². The molecule has 0 saturated heterocycles. The van der Waals surface area contributed by atoms with E-state index in [-0.39, 0.29) is 12.5 Å². The van der Waals surface area contributed by atoms with Crippen LogP contribution in [0.2, 0.25) is 0 Å². The first kappa shape index (κ1) is 13.3. The van der Waals surface area contributed by atoms with Gasteiger partial charge >= 0.3 is 0 Å². The minimum atomic E-state index is 0.0797. The molecule has 0 heterocycles. The van der Waals surface area contributed by atoms with Crippen molar-refractivity contribution >= 4 is 15.9 Å². The van der Waals surface area contributed by atoms with Crippen molar-refractivity contribution in [3.05, 3.63) is 21.7 Å².